The maximum Gasteiger partial charge on any atom is 0.163 e. The van der Waals surface area contributed by atoms with Crippen molar-refractivity contribution < 1.29 is 15.0 Å². The van der Waals surface area contributed by atoms with Crippen molar-refractivity contribution in [3.63, 3.8) is 0 Å². The molecule has 21 heavy (non-hydrogen) atoms. The number of ketones is 1. The van der Waals surface area contributed by atoms with E-state index in [9.17, 15) is 15.0 Å². The van der Waals surface area contributed by atoms with E-state index in [0.717, 1.165) is 38.5 Å². The van der Waals surface area contributed by atoms with E-state index in [4.69, 9.17) is 0 Å². The van der Waals surface area contributed by atoms with Crippen molar-refractivity contribution in [2.45, 2.75) is 63.6 Å². The minimum Gasteiger partial charge on any atom is -0.390 e. The SMILES string of the molecule is O=C1CCCCC(CCc2ccccc2)CCC(O)C1O. The molecule has 1 fully saturated rings. The van der Waals surface area contributed by atoms with E-state index in [-0.39, 0.29) is 5.78 Å². The molecule has 3 atom stereocenters. The Kier molecular flexibility index (Phi) is 6.40. The summed E-state index contributed by atoms with van der Waals surface area (Å²) in [5, 5.41) is 19.7. The molecular formula is C18H26O3. The molecule has 3 unspecified atom stereocenters. The van der Waals surface area contributed by atoms with Crippen LogP contribution in [0.5, 0.6) is 0 Å². The molecule has 0 heterocycles. The third-order valence-electron chi connectivity index (χ3n) is 4.53. The molecule has 0 spiro atoms. The molecule has 0 aromatic heterocycles. The van der Waals surface area contributed by atoms with Gasteiger partial charge in [0.15, 0.2) is 5.78 Å². The van der Waals surface area contributed by atoms with Crippen LogP contribution in [0.2, 0.25) is 0 Å². The van der Waals surface area contributed by atoms with Crippen molar-refractivity contribution in [1.29, 1.82) is 0 Å². The van der Waals surface area contributed by atoms with Crippen LogP contribution in [0.3, 0.4) is 0 Å². The number of carbonyl (C=O) groups excluding carboxylic acids is 1. The molecule has 0 saturated heterocycles. The van der Waals surface area contributed by atoms with E-state index in [1.165, 1.54) is 5.56 Å². The van der Waals surface area contributed by atoms with Gasteiger partial charge in [0.1, 0.15) is 6.10 Å². The summed E-state index contributed by atoms with van der Waals surface area (Å²) >= 11 is 0. The fourth-order valence-electron chi connectivity index (χ4n) is 3.11. The Morgan fingerprint density at radius 2 is 1.76 bits per heavy atom. The Bertz CT molecular complexity index is 429. The summed E-state index contributed by atoms with van der Waals surface area (Å²) in [6.07, 6.45) is 4.87. The molecule has 1 saturated carbocycles. The highest BCUT2D eigenvalue weighted by Gasteiger charge is 2.25. The van der Waals surface area contributed by atoms with Crippen molar-refractivity contribution in [3.05, 3.63) is 35.9 Å². The molecule has 116 valence electrons. The van der Waals surface area contributed by atoms with Gasteiger partial charge in [0.2, 0.25) is 0 Å². The predicted molar refractivity (Wildman–Crippen MR) is 83.0 cm³/mol. The molecule has 2 N–H and O–H groups in total. The lowest BCUT2D eigenvalue weighted by molar-refractivity contribution is -0.133. The van der Waals surface area contributed by atoms with Crippen molar-refractivity contribution in [2.75, 3.05) is 0 Å². The topological polar surface area (TPSA) is 57.5 Å². The summed E-state index contributed by atoms with van der Waals surface area (Å²) in [6, 6.07) is 10.5. The van der Waals surface area contributed by atoms with Crippen molar-refractivity contribution in [1.82, 2.24) is 0 Å². The highest BCUT2D eigenvalue weighted by Crippen LogP contribution is 2.25. The van der Waals surface area contributed by atoms with Crippen LogP contribution < -0.4 is 0 Å². The van der Waals surface area contributed by atoms with E-state index < -0.39 is 12.2 Å². The minimum absolute atomic E-state index is 0.203. The second kappa shape index (κ2) is 8.30. The lowest BCUT2D eigenvalue weighted by atomic mass is 9.86. The number of Topliss-reactive ketones (excluding diaryl/α,β-unsaturated/α-hetero) is 1. The van der Waals surface area contributed by atoms with Gasteiger partial charge >= 0.3 is 0 Å². The van der Waals surface area contributed by atoms with Crippen LogP contribution in [-0.4, -0.2) is 28.2 Å². The number of aliphatic hydroxyl groups is 2. The number of carbonyl (C=O) groups is 1. The van der Waals surface area contributed by atoms with Crippen molar-refractivity contribution in [2.24, 2.45) is 5.92 Å². The molecule has 1 aromatic rings. The van der Waals surface area contributed by atoms with Crippen molar-refractivity contribution >= 4 is 5.78 Å². The van der Waals surface area contributed by atoms with Gasteiger partial charge in [-0.05, 0) is 43.6 Å². The van der Waals surface area contributed by atoms with Gasteiger partial charge in [-0.1, -0.05) is 43.2 Å². The lowest BCUT2D eigenvalue weighted by Crippen LogP contribution is -2.34. The maximum absolute atomic E-state index is 11.6. The summed E-state index contributed by atoms with van der Waals surface area (Å²) in [4.78, 5) is 11.6. The summed E-state index contributed by atoms with van der Waals surface area (Å²) in [7, 11) is 0. The molecule has 0 radical (unpaired) electrons. The monoisotopic (exact) mass is 290 g/mol. The van der Waals surface area contributed by atoms with E-state index in [1.54, 1.807) is 0 Å². The molecule has 1 aliphatic rings. The lowest BCUT2D eigenvalue weighted by Gasteiger charge is -2.23. The molecular weight excluding hydrogens is 264 g/mol. The Morgan fingerprint density at radius 3 is 2.52 bits per heavy atom. The minimum atomic E-state index is -1.18. The third kappa shape index (κ3) is 5.25. The molecule has 1 aromatic carbocycles. The van der Waals surface area contributed by atoms with E-state index in [1.807, 2.05) is 6.07 Å². The highest BCUT2D eigenvalue weighted by atomic mass is 16.3. The fourth-order valence-corrected chi connectivity index (χ4v) is 3.11. The zero-order valence-electron chi connectivity index (χ0n) is 12.6. The maximum atomic E-state index is 11.6. The first-order valence-electron chi connectivity index (χ1n) is 8.09. The first-order valence-corrected chi connectivity index (χ1v) is 8.09. The van der Waals surface area contributed by atoms with Gasteiger partial charge in [0.05, 0.1) is 6.10 Å². The van der Waals surface area contributed by atoms with Gasteiger partial charge in [-0.15, -0.1) is 0 Å². The van der Waals surface area contributed by atoms with Crippen molar-refractivity contribution in [3.8, 4) is 0 Å². The number of aliphatic hydroxyl groups excluding tert-OH is 2. The number of hydrogen-bond donors (Lipinski definition) is 2. The first kappa shape index (κ1) is 16.2. The van der Waals surface area contributed by atoms with Gasteiger partial charge in [-0.25, -0.2) is 0 Å². The molecule has 0 bridgehead atoms. The standard InChI is InChI=1S/C18H26O3/c19-16-9-5-4-8-15(12-13-17(20)18(16)21)11-10-14-6-2-1-3-7-14/h1-3,6-7,15,17-18,20-21H,4-5,8-13H2. The molecule has 3 nitrogen and oxygen atoms in total. The van der Waals surface area contributed by atoms with Crippen LogP contribution >= 0.6 is 0 Å². The largest absolute Gasteiger partial charge is 0.390 e. The zero-order chi connectivity index (χ0) is 15.1. The first-order chi connectivity index (χ1) is 10.2. The number of rotatable bonds is 3. The van der Waals surface area contributed by atoms with Gasteiger partial charge in [0.25, 0.3) is 0 Å². The second-order valence-corrected chi connectivity index (χ2v) is 6.19. The van der Waals surface area contributed by atoms with Gasteiger partial charge in [-0.2, -0.15) is 0 Å². The molecule has 0 aliphatic heterocycles. The average Bonchev–Trinajstić information content (AvgIpc) is 2.52. The average molecular weight is 290 g/mol. The van der Waals surface area contributed by atoms with Gasteiger partial charge in [0, 0.05) is 6.42 Å². The Labute approximate surface area is 127 Å². The smallest absolute Gasteiger partial charge is 0.163 e. The number of aryl methyl sites for hydroxylation is 1. The summed E-state index contributed by atoms with van der Waals surface area (Å²) in [5.41, 5.74) is 1.35. The van der Waals surface area contributed by atoms with Crippen LogP contribution in [0.15, 0.2) is 30.3 Å². The molecule has 3 heteroatoms. The summed E-state index contributed by atoms with van der Waals surface area (Å²) < 4.78 is 0. The predicted octanol–water partition coefficient (Wildman–Crippen LogP) is 2.88. The Balaban J connectivity index is 1.86. The number of benzene rings is 1. The van der Waals surface area contributed by atoms with Crippen LogP contribution in [0.25, 0.3) is 0 Å². The third-order valence-corrected chi connectivity index (χ3v) is 4.53. The van der Waals surface area contributed by atoms with Gasteiger partial charge < -0.3 is 10.2 Å². The van der Waals surface area contributed by atoms with Crippen LogP contribution in [0, 0.1) is 5.92 Å². The molecule has 1 aliphatic carbocycles. The summed E-state index contributed by atoms with van der Waals surface area (Å²) in [5.74, 6) is 0.366. The quantitative estimate of drug-likeness (QED) is 0.900. The normalized spacial score (nSPS) is 28.3. The zero-order valence-corrected chi connectivity index (χ0v) is 12.6. The van der Waals surface area contributed by atoms with Crippen LogP contribution in [0.4, 0.5) is 0 Å². The summed E-state index contributed by atoms with van der Waals surface area (Å²) in [6.45, 7) is 0. The fraction of sp³-hybridized carbons (Fsp3) is 0.611. The second-order valence-electron chi connectivity index (χ2n) is 6.19. The van der Waals surface area contributed by atoms with Crippen LogP contribution in [-0.2, 0) is 11.2 Å². The van der Waals surface area contributed by atoms with Gasteiger partial charge in [-0.3, -0.25) is 4.79 Å². The Morgan fingerprint density at radius 1 is 1.00 bits per heavy atom. The highest BCUT2D eigenvalue weighted by molar-refractivity contribution is 5.83. The Hall–Kier alpha value is -1.19. The van der Waals surface area contributed by atoms with E-state index in [0.29, 0.717) is 18.8 Å². The number of hydrogen-bond acceptors (Lipinski definition) is 3. The molecule has 2 rings (SSSR count). The van der Waals surface area contributed by atoms with Crippen LogP contribution in [0.1, 0.15) is 50.5 Å². The van der Waals surface area contributed by atoms with E-state index >= 15 is 0 Å². The molecule has 0 amide bonds. The van der Waals surface area contributed by atoms with E-state index in [2.05, 4.69) is 24.3 Å².